The van der Waals surface area contributed by atoms with E-state index in [4.69, 9.17) is 0 Å². The summed E-state index contributed by atoms with van der Waals surface area (Å²) in [6, 6.07) is 8.77. The van der Waals surface area contributed by atoms with E-state index in [0.29, 0.717) is 17.7 Å². The molecular formula is C13H17N2OS2+. The van der Waals surface area contributed by atoms with Crippen LogP contribution in [0.15, 0.2) is 29.2 Å². The highest BCUT2D eigenvalue weighted by Gasteiger charge is 2.40. The lowest BCUT2D eigenvalue weighted by Crippen LogP contribution is -2.48. The van der Waals surface area contributed by atoms with Gasteiger partial charge in [-0.3, -0.25) is 0 Å². The fourth-order valence-corrected chi connectivity index (χ4v) is 4.32. The van der Waals surface area contributed by atoms with Crippen LogP contribution in [0.4, 0.5) is 5.69 Å². The number of hydrogen-bond donors (Lipinski definition) is 1. The third kappa shape index (κ3) is 2.39. The van der Waals surface area contributed by atoms with Crippen molar-refractivity contribution in [1.82, 2.24) is 5.43 Å². The minimum Gasteiger partial charge on any atom is -0.238 e. The number of hydrazine groups is 1. The number of fused-ring (bicyclic) bond motifs is 1. The largest absolute Gasteiger partial charge is 0.500 e. The van der Waals surface area contributed by atoms with Crippen LogP contribution >= 0.6 is 11.8 Å². The topological polar surface area (TPSA) is 32.3 Å². The van der Waals surface area contributed by atoms with Gasteiger partial charge in [-0.1, -0.05) is 31.4 Å². The van der Waals surface area contributed by atoms with E-state index < -0.39 is 0 Å². The fraction of sp³-hybridized carbons (Fsp3) is 0.538. The summed E-state index contributed by atoms with van der Waals surface area (Å²) in [4.78, 5) is 1.20. The van der Waals surface area contributed by atoms with E-state index in [0.717, 1.165) is 5.69 Å². The molecule has 5 heteroatoms. The van der Waals surface area contributed by atoms with Crippen LogP contribution in [0.1, 0.15) is 32.1 Å². The van der Waals surface area contributed by atoms with Crippen molar-refractivity contribution in [2.45, 2.75) is 47.7 Å². The van der Waals surface area contributed by atoms with Crippen LogP contribution in [-0.2, 0) is 15.9 Å². The molecule has 18 heavy (non-hydrogen) atoms. The number of thioether (sulfide) groups is 1. The quantitative estimate of drug-likeness (QED) is 0.863. The first-order chi connectivity index (χ1) is 8.88. The number of nitrogens with one attached hydrogen (secondary N) is 1. The summed E-state index contributed by atoms with van der Waals surface area (Å²) in [7, 11) is 0. The first kappa shape index (κ1) is 12.4. The third-order valence-corrected chi connectivity index (χ3v) is 5.48. The van der Waals surface area contributed by atoms with Crippen molar-refractivity contribution < 1.29 is 4.21 Å². The summed E-state index contributed by atoms with van der Waals surface area (Å²) in [5.41, 5.74) is 4.72. The highest BCUT2D eigenvalue weighted by molar-refractivity contribution is 8.07. The van der Waals surface area contributed by atoms with Gasteiger partial charge in [-0.15, -0.1) is 0 Å². The molecule has 3 rings (SSSR count). The van der Waals surface area contributed by atoms with Crippen molar-refractivity contribution in [2.75, 3.05) is 5.01 Å². The Morgan fingerprint density at radius 1 is 1.22 bits per heavy atom. The van der Waals surface area contributed by atoms with Gasteiger partial charge in [-0.25, -0.2) is 10.4 Å². The van der Waals surface area contributed by atoms with Gasteiger partial charge in [0.05, 0.1) is 5.69 Å². The monoisotopic (exact) mass is 281 g/mol. The molecular weight excluding hydrogens is 264 g/mol. The first-order valence-electron chi connectivity index (χ1n) is 6.48. The van der Waals surface area contributed by atoms with Crippen molar-refractivity contribution >= 4 is 29.1 Å². The molecule has 0 radical (unpaired) electrons. The van der Waals surface area contributed by atoms with Gasteiger partial charge in [0.15, 0.2) is 0 Å². The lowest BCUT2D eigenvalue weighted by Gasteiger charge is -2.28. The predicted molar refractivity (Wildman–Crippen MR) is 76.6 cm³/mol. The van der Waals surface area contributed by atoms with Gasteiger partial charge in [0, 0.05) is 15.1 Å². The van der Waals surface area contributed by atoms with Crippen LogP contribution in [0.3, 0.4) is 0 Å². The maximum absolute atomic E-state index is 11.3. The second-order valence-corrected chi connectivity index (χ2v) is 6.88. The van der Waals surface area contributed by atoms with Crippen molar-refractivity contribution in [3.63, 3.8) is 0 Å². The standard InChI is InChI=1S/C13H17N2OS2/c16-18-13-15(14-10-6-2-1-3-7-10)11-8-4-5-9-12(11)17-13/h4-5,8-10,13-14H,1-3,6-7H2/q+1. The SMILES string of the molecule is O=[S+]C1Sc2ccccc2N1NC1CCCCC1. The van der Waals surface area contributed by atoms with Gasteiger partial charge in [-0.2, -0.15) is 0 Å². The van der Waals surface area contributed by atoms with Gasteiger partial charge >= 0.3 is 16.4 Å². The number of para-hydroxylation sites is 1. The molecule has 1 fully saturated rings. The van der Waals surface area contributed by atoms with Gasteiger partial charge in [-0.05, 0) is 36.7 Å². The second-order valence-electron chi connectivity index (χ2n) is 4.82. The number of benzene rings is 1. The van der Waals surface area contributed by atoms with Crippen LogP contribution in [0.5, 0.6) is 0 Å². The van der Waals surface area contributed by atoms with Crippen molar-refractivity contribution in [3.05, 3.63) is 24.3 Å². The zero-order valence-electron chi connectivity index (χ0n) is 10.2. The molecule has 1 aliphatic heterocycles. The van der Waals surface area contributed by atoms with Crippen LogP contribution in [0.25, 0.3) is 0 Å². The minimum absolute atomic E-state index is 0.0793. The highest BCUT2D eigenvalue weighted by Crippen LogP contribution is 2.42. The Balaban J connectivity index is 1.78. The molecule has 1 unspecified atom stereocenters. The van der Waals surface area contributed by atoms with E-state index in [-0.39, 0.29) is 4.71 Å². The van der Waals surface area contributed by atoms with Gasteiger partial charge in [0.1, 0.15) is 0 Å². The molecule has 3 nitrogen and oxygen atoms in total. The van der Waals surface area contributed by atoms with Crippen molar-refractivity contribution in [3.8, 4) is 0 Å². The molecule has 2 aliphatic rings. The Morgan fingerprint density at radius 3 is 2.78 bits per heavy atom. The number of nitrogens with zero attached hydrogens (tertiary/aromatic N) is 1. The van der Waals surface area contributed by atoms with E-state index in [2.05, 4.69) is 22.6 Å². The van der Waals surface area contributed by atoms with Gasteiger partial charge < -0.3 is 0 Å². The second kappa shape index (κ2) is 5.55. The first-order valence-corrected chi connectivity index (χ1v) is 8.16. The van der Waals surface area contributed by atoms with Crippen molar-refractivity contribution in [1.29, 1.82) is 0 Å². The van der Waals surface area contributed by atoms with E-state index >= 15 is 0 Å². The van der Waals surface area contributed by atoms with Crippen LogP contribution in [0, 0.1) is 0 Å². The van der Waals surface area contributed by atoms with E-state index in [1.54, 1.807) is 11.8 Å². The molecule has 1 aromatic rings. The average Bonchev–Trinajstić information content (AvgIpc) is 2.78. The molecule has 0 saturated heterocycles. The summed E-state index contributed by atoms with van der Waals surface area (Å²) in [6.07, 6.45) is 6.40. The average molecular weight is 281 g/mol. The molecule has 1 aromatic carbocycles. The van der Waals surface area contributed by atoms with Crippen molar-refractivity contribution in [2.24, 2.45) is 0 Å². The third-order valence-electron chi connectivity index (χ3n) is 3.57. The molecule has 1 heterocycles. The summed E-state index contributed by atoms with van der Waals surface area (Å²) < 4.78 is 11.2. The van der Waals surface area contributed by atoms with E-state index in [9.17, 15) is 4.21 Å². The maximum Gasteiger partial charge on any atom is 0.500 e. The minimum atomic E-state index is -0.0793. The number of hydrogen-bond acceptors (Lipinski definition) is 4. The Bertz CT molecular complexity index is 435. The summed E-state index contributed by atoms with van der Waals surface area (Å²) in [6.45, 7) is 0. The van der Waals surface area contributed by atoms with Crippen LogP contribution in [-0.4, -0.2) is 10.7 Å². The van der Waals surface area contributed by atoms with Gasteiger partial charge in [0.25, 0.3) is 0 Å². The molecule has 1 atom stereocenters. The summed E-state index contributed by atoms with van der Waals surface area (Å²) in [5, 5.41) is 2.08. The number of anilines is 1. The fourth-order valence-electron chi connectivity index (χ4n) is 2.65. The van der Waals surface area contributed by atoms with Crippen LogP contribution in [0.2, 0.25) is 0 Å². The Morgan fingerprint density at radius 2 is 2.00 bits per heavy atom. The van der Waals surface area contributed by atoms with Crippen LogP contribution < -0.4 is 10.4 Å². The Labute approximate surface area is 116 Å². The van der Waals surface area contributed by atoms with Gasteiger partial charge in [0.2, 0.25) is 0 Å². The normalized spacial score (nSPS) is 24.0. The lowest BCUT2D eigenvalue weighted by molar-refractivity contribution is 0.367. The lowest BCUT2D eigenvalue weighted by atomic mass is 9.96. The zero-order valence-corrected chi connectivity index (χ0v) is 11.8. The predicted octanol–water partition coefficient (Wildman–Crippen LogP) is 3.15. The maximum atomic E-state index is 11.3. The highest BCUT2D eigenvalue weighted by atomic mass is 32.2. The van der Waals surface area contributed by atoms with E-state index in [1.807, 2.05) is 12.1 Å². The molecule has 1 aliphatic carbocycles. The molecule has 0 spiro atoms. The molecule has 0 bridgehead atoms. The molecule has 1 N–H and O–H groups in total. The zero-order chi connectivity index (χ0) is 12.4. The molecule has 0 aromatic heterocycles. The molecule has 1 saturated carbocycles. The Kier molecular flexibility index (Phi) is 3.82. The smallest absolute Gasteiger partial charge is 0.238 e. The number of rotatable bonds is 3. The Hall–Kier alpha value is -0.650. The molecule has 96 valence electrons. The molecule has 0 amide bonds. The summed E-state index contributed by atoms with van der Waals surface area (Å²) in [5.74, 6) is 0. The van der Waals surface area contributed by atoms with E-state index in [1.165, 1.54) is 37.0 Å². The summed E-state index contributed by atoms with van der Waals surface area (Å²) >= 11 is 2.31.